The Morgan fingerprint density at radius 1 is 1.38 bits per heavy atom. The number of hydrogen-bond donors (Lipinski definition) is 2. The number of hydrogen-bond acceptors (Lipinski definition) is 4. The highest BCUT2D eigenvalue weighted by molar-refractivity contribution is 9.10. The van der Waals surface area contributed by atoms with E-state index in [1.807, 2.05) is 24.3 Å². The van der Waals surface area contributed by atoms with Crippen LogP contribution in [0, 0.1) is 0 Å². The number of oxazole rings is 1. The number of aromatic nitrogens is 1. The molecule has 5 nitrogen and oxygen atoms in total. The molecule has 8 heteroatoms. The van der Waals surface area contributed by atoms with Crippen molar-refractivity contribution in [2.24, 2.45) is 0 Å². The van der Waals surface area contributed by atoms with Crippen molar-refractivity contribution >= 4 is 46.7 Å². The van der Waals surface area contributed by atoms with Crippen LogP contribution in [0.2, 0.25) is 0 Å². The van der Waals surface area contributed by atoms with Crippen LogP contribution >= 0.6 is 40.7 Å². The summed E-state index contributed by atoms with van der Waals surface area (Å²) in [6.07, 6.45) is 3.61. The monoisotopic (exact) mass is 435 g/mol. The fourth-order valence-corrected chi connectivity index (χ4v) is 2.99. The van der Waals surface area contributed by atoms with Crippen molar-refractivity contribution in [2.45, 2.75) is 25.3 Å². The Bertz CT molecular complexity index is 660. The molecular weight excluding hydrogens is 417 g/mol. The Kier molecular flexibility index (Phi) is 8.76. The normalized spacial score (nSPS) is 16.1. The predicted octanol–water partition coefficient (Wildman–Crippen LogP) is 3.36. The highest BCUT2D eigenvalue weighted by Gasteiger charge is 2.17. The molecule has 1 aromatic carbocycles. The Balaban J connectivity index is 0.00000144. The first-order valence-electron chi connectivity index (χ1n) is 7.42. The molecule has 2 N–H and O–H groups in total. The molecule has 132 valence electrons. The Hall–Kier alpha value is -1.08. The van der Waals surface area contributed by atoms with E-state index in [0.29, 0.717) is 24.5 Å². The quantitative estimate of drug-likeness (QED) is 0.753. The van der Waals surface area contributed by atoms with E-state index in [2.05, 4.69) is 31.5 Å². The van der Waals surface area contributed by atoms with E-state index >= 15 is 0 Å². The second kappa shape index (κ2) is 10.0. The molecule has 0 saturated carbocycles. The molecule has 0 aliphatic carbocycles. The second-order valence-electron chi connectivity index (χ2n) is 5.36. The summed E-state index contributed by atoms with van der Waals surface area (Å²) in [4.78, 5) is 16.1. The molecule has 3 rings (SSSR count). The van der Waals surface area contributed by atoms with Gasteiger partial charge in [-0.2, -0.15) is 0 Å². The van der Waals surface area contributed by atoms with Crippen molar-refractivity contribution in [1.82, 2.24) is 15.6 Å². The maximum Gasteiger partial charge on any atom is 0.220 e. The van der Waals surface area contributed by atoms with Crippen LogP contribution in [0.5, 0.6) is 0 Å². The standard InChI is InChI=1S/C16H18BrN3O2.2ClH/c17-13-4-2-1-3-12(13)14-10-19-16(22-14)6-5-15(21)20-11-7-8-18-9-11;;/h1-4,10-11,18H,5-9H2,(H,20,21);2*1H. The minimum Gasteiger partial charge on any atom is -0.441 e. The third-order valence-corrected chi connectivity index (χ3v) is 4.38. The van der Waals surface area contributed by atoms with Crippen LogP contribution in [0.25, 0.3) is 11.3 Å². The average Bonchev–Trinajstić information content (AvgIpc) is 3.17. The Labute approximate surface area is 161 Å². The topological polar surface area (TPSA) is 67.2 Å². The Morgan fingerprint density at radius 3 is 2.88 bits per heavy atom. The average molecular weight is 437 g/mol. The lowest BCUT2D eigenvalue weighted by Gasteiger charge is -2.10. The molecule has 24 heavy (non-hydrogen) atoms. The molecule has 1 fully saturated rings. The number of benzene rings is 1. The number of carbonyl (C=O) groups is 1. The Morgan fingerprint density at radius 2 is 2.17 bits per heavy atom. The molecule has 1 aromatic heterocycles. The van der Waals surface area contributed by atoms with Gasteiger partial charge in [0.2, 0.25) is 5.91 Å². The molecule has 2 heterocycles. The molecule has 0 spiro atoms. The van der Waals surface area contributed by atoms with Crippen molar-refractivity contribution in [3.05, 3.63) is 40.8 Å². The van der Waals surface area contributed by atoms with Gasteiger partial charge in [0.15, 0.2) is 11.7 Å². The summed E-state index contributed by atoms with van der Waals surface area (Å²) in [5, 5.41) is 6.25. The molecule has 1 amide bonds. The molecule has 1 atom stereocenters. The minimum atomic E-state index is 0. The van der Waals surface area contributed by atoms with Gasteiger partial charge in [0.1, 0.15) is 0 Å². The summed E-state index contributed by atoms with van der Waals surface area (Å²) in [6.45, 7) is 1.83. The molecule has 1 aliphatic heterocycles. The molecule has 2 aromatic rings. The lowest BCUT2D eigenvalue weighted by molar-refractivity contribution is -0.121. The zero-order valence-corrected chi connectivity index (χ0v) is 16.2. The number of rotatable bonds is 5. The van der Waals surface area contributed by atoms with Gasteiger partial charge in [-0.15, -0.1) is 24.8 Å². The van der Waals surface area contributed by atoms with Gasteiger partial charge in [0.05, 0.1) is 6.20 Å². The first kappa shape index (κ1) is 21.0. The van der Waals surface area contributed by atoms with Gasteiger partial charge in [-0.25, -0.2) is 4.98 Å². The minimum absolute atomic E-state index is 0. The summed E-state index contributed by atoms with van der Waals surface area (Å²) in [7, 11) is 0. The van der Waals surface area contributed by atoms with E-state index in [9.17, 15) is 4.79 Å². The molecule has 1 saturated heterocycles. The lowest BCUT2D eigenvalue weighted by atomic mass is 10.2. The van der Waals surface area contributed by atoms with Crippen LogP contribution in [0.4, 0.5) is 0 Å². The highest BCUT2D eigenvalue weighted by atomic mass is 79.9. The predicted molar refractivity (Wildman–Crippen MR) is 102 cm³/mol. The van der Waals surface area contributed by atoms with Gasteiger partial charge < -0.3 is 15.1 Å². The van der Waals surface area contributed by atoms with Gasteiger partial charge in [-0.05, 0) is 19.0 Å². The summed E-state index contributed by atoms with van der Waals surface area (Å²) in [6, 6.07) is 8.08. The van der Waals surface area contributed by atoms with Gasteiger partial charge in [-0.1, -0.05) is 34.1 Å². The third-order valence-electron chi connectivity index (χ3n) is 3.68. The number of carbonyl (C=O) groups excluding carboxylic acids is 1. The van der Waals surface area contributed by atoms with Crippen LogP contribution in [0.15, 0.2) is 39.4 Å². The largest absolute Gasteiger partial charge is 0.441 e. The van der Waals surface area contributed by atoms with Crippen LogP contribution in [-0.2, 0) is 11.2 Å². The maximum atomic E-state index is 11.9. The van der Waals surface area contributed by atoms with E-state index in [0.717, 1.165) is 29.5 Å². The third kappa shape index (κ3) is 5.48. The van der Waals surface area contributed by atoms with E-state index in [-0.39, 0.29) is 36.8 Å². The van der Waals surface area contributed by atoms with Gasteiger partial charge in [0, 0.05) is 35.5 Å². The fraction of sp³-hybridized carbons (Fsp3) is 0.375. The number of nitrogens with zero attached hydrogens (tertiary/aromatic N) is 1. The SMILES string of the molecule is Cl.Cl.O=C(CCc1ncc(-c2ccccc2Br)o1)NC1CCNC1. The number of aryl methyl sites for hydroxylation is 1. The van der Waals surface area contributed by atoms with Crippen molar-refractivity contribution in [3.8, 4) is 11.3 Å². The second-order valence-corrected chi connectivity index (χ2v) is 6.21. The van der Waals surface area contributed by atoms with Crippen molar-refractivity contribution in [3.63, 3.8) is 0 Å². The maximum absolute atomic E-state index is 11.9. The van der Waals surface area contributed by atoms with Crippen LogP contribution in [0.1, 0.15) is 18.7 Å². The molecular formula is C16H20BrCl2N3O2. The number of nitrogens with one attached hydrogen (secondary N) is 2. The first-order chi connectivity index (χ1) is 10.7. The number of amides is 1. The smallest absolute Gasteiger partial charge is 0.220 e. The molecule has 1 aliphatic rings. The molecule has 1 unspecified atom stereocenters. The number of halogens is 3. The van der Waals surface area contributed by atoms with Gasteiger partial charge in [-0.3, -0.25) is 4.79 Å². The summed E-state index contributed by atoms with van der Waals surface area (Å²) >= 11 is 3.50. The van der Waals surface area contributed by atoms with Crippen LogP contribution in [-0.4, -0.2) is 30.0 Å². The van der Waals surface area contributed by atoms with E-state index < -0.39 is 0 Å². The zero-order valence-electron chi connectivity index (χ0n) is 13.0. The van der Waals surface area contributed by atoms with Gasteiger partial charge >= 0.3 is 0 Å². The van der Waals surface area contributed by atoms with E-state index in [4.69, 9.17) is 4.42 Å². The summed E-state index contributed by atoms with van der Waals surface area (Å²) in [5.74, 6) is 1.35. The molecule has 0 bridgehead atoms. The van der Waals surface area contributed by atoms with Crippen molar-refractivity contribution in [2.75, 3.05) is 13.1 Å². The van der Waals surface area contributed by atoms with Crippen LogP contribution in [0.3, 0.4) is 0 Å². The fourth-order valence-electron chi connectivity index (χ4n) is 2.51. The van der Waals surface area contributed by atoms with E-state index in [1.165, 1.54) is 0 Å². The van der Waals surface area contributed by atoms with E-state index in [1.54, 1.807) is 6.20 Å². The lowest BCUT2D eigenvalue weighted by Crippen LogP contribution is -2.36. The molecule has 0 radical (unpaired) electrons. The summed E-state index contributed by atoms with van der Waals surface area (Å²) in [5.41, 5.74) is 0.961. The van der Waals surface area contributed by atoms with Crippen molar-refractivity contribution in [1.29, 1.82) is 0 Å². The van der Waals surface area contributed by atoms with Crippen molar-refractivity contribution < 1.29 is 9.21 Å². The first-order valence-corrected chi connectivity index (χ1v) is 8.21. The van der Waals surface area contributed by atoms with Crippen LogP contribution < -0.4 is 10.6 Å². The zero-order chi connectivity index (χ0) is 15.4. The van der Waals surface area contributed by atoms with Gasteiger partial charge in [0.25, 0.3) is 0 Å². The highest BCUT2D eigenvalue weighted by Crippen LogP contribution is 2.28. The summed E-state index contributed by atoms with van der Waals surface area (Å²) < 4.78 is 6.70.